The first-order valence-corrected chi connectivity index (χ1v) is 5.62. The number of ether oxygens (including phenoxy) is 1. The molecule has 1 atom stereocenters. The third kappa shape index (κ3) is 3.57. The fourth-order valence-electron chi connectivity index (χ4n) is 1.22. The monoisotopic (exact) mass is 290 g/mol. The minimum atomic E-state index is -0.976. The molecule has 0 saturated carbocycles. The van der Waals surface area contributed by atoms with Gasteiger partial charge in [-0.05, 0) is 40.5 Å². The van der Waals surface area contributed by atoms with Crippen molar-refractivity contribution in [2.75, 3.05) is 6.61 Å². The van der Waals surface area contributed by atoms with E-state index in [4.69, 9.17) is 4.74 Å². The topological polar surface area (TPSA) is 46.5 Å². The Morgan fingerprint density at radius 2 is 2.31 bits per heavy atom. The predicted molar refractivity (Wildman–Crippen MR) is 60.3 cm³/mol. The van der Waals surface area contributed by atoms with Crippen LogP contribution in [0.2, 0.25) is 0 Å². The third-order valence-electron chi connectivity index (χ3n) is 1.99. The molecule has 0 aliphatic carbocycles. The summed E-state index contributed by atoms with van der Waals surface area (Å²) in [4.78, 5) is 11.1. The molecule has 0 heterocycles. The van der Waals surface area contributed by atoms with E-state index in [-0.39, 0.29) is 17.5 Å². The highest BCUT2D eigenvalue weighted by Crippen LogP contribution is 2.23. The average Bonchev–Trinajstić information content (AvgIpc) is 2.22. The highest BCUT2D eigenvalue weighted by Gasteiger charge is 2.14. The van der Waals surface area contributed by atoms with Gasteiger partial charge < -0.3 is 9.84 Å². The van der Waals surface area contributed by atoms with Gasteiger partial charge in [0.1, 0.15) is 5.82 Å². The van der Waals surface area contributed by atoms with Crippen LogP contribution in [0.3, 0.4) is 0 Å². The van der Waals surface area contributed by atoms with Gasteiger partial charge in [0.15, 0.2) is 0 Å². The van der Waals surface area contributed by atoms with Gasteiger partial charge in [0.2, 0.25) is 0 Å². The van der Waals surface area contributed by atoms with E-state index in [0.29, 0.717) is 5.56 Å². The zero-order chi connectivity index (χ0) is 12.1. The number of benzene rings is 1. The van der Waals surface area contributed by atoms with Crippen LogP contribution in [0.25, 0.3) is 0 Å². The summed E-state index contributed by atoms with van der Waals surface area (Å²) in [6.45, 7) is 1.97. The Morgan fingerprint density at radius 1 is 1.62 bits per heavy atom. The quantitative estimate of drug-likeness (QED) is 0.867. The molecule has 1 N–H and O–H groups in total. The lowest BCUT2D eigenvalue weighted by Gasteiger charge is -2.10. The lowest BCUT2D eigenvalue weighted by molar-refractivity contribution is -0.145. The van der Waals surface area contributed by atoms with E-state index < -0.39 is 17.9 Å². The molecule has 1 rings (SSSR count). The molecule has 0 aromatic heterocycles. The first kappa shape index (κ1) is 13.1. The van der Waals surface area contributed by atoms with Gasteiger partial charge in [-0.25, -0.2) is 4.39 Å². The zero-order valence-corrected chi connectivity index (χ0v) is 10.3. The zero-order valence-electron chi connectivity index (χ0n) is 8.74. The van der Waals surface area contributed by atoms with E-state index in [1.54, 1.807) is 6.92 Å². The third-order valence-corrected chi connectivity index (χ3v) is 2.60. The normalized spacial score (nSPS) is 12.2. The molecule has 0 aliphatic rings. The van der Waals surface area contributed by atoms with Crippen LogP contribution in [0.1, 0.15) is 25.0 Å². The van der Waals surface area contributed by atoms with E-state index in [1.807, 2.05) is 0 Å². The van der Waals surface area contributed by atoms with Crippen molar-refractivity contribution in [1.29, 1.82) is 0 Å². The molecular formula is C11H12BrFO3. The second-order valence-electron chi connectivity index (χ2n) is 3.20. The van der Waals surface area contributed by atoms with E-state index in [9.17, 15) is 14.3 Å². The number of hydrogen-bond donors (Lipinski definition) is 1. The summed E-state index contributed by atoms with van der Waals surface area (Å²) >= 11 is 3.01. The first-order valence-electron chi connectivity index (χ1n) is 4.83. The van der Waals surface area contributed by atoms with Crippen LogP contribution in [0, 0.1) is 5.82 Å². The van der Waals surface area contributed by atoms with Gasteiger partial charge in [-0.15, -0.1) is 0 Å². The number of aliphatic hydroxyl groups is 1. The number of rotatable bonds is 4. The molecule has 0 radical (unpaired) electrons. The molecule has 0 amide bonds. The smallest absolute Gasteiger partial charge is 0.308 e. The fraction of sp³-hybridized carbons (Fsp3) is 0.364. The van der Waals surface area contributed by atoms with Crippen LogP contribution < -0.4 is 0 Å². The summed E-state index contributed by atoms with van der Waals surface area (Å²) in [6.07, 6.45) is -1.11. The summed E-state index contributed by atoms with van der Waals surface area (Å²) in [6, 6.07) is 4.11. The van der Waals surface area contributed by atoms with E-state index >= 15 is 0 Å². The average molecular weight is 291 g/mol. The van der Waals surface area contributed by atoms with Crippen LogP contribution in [-0.4, -0.2) is 17.7 Å². The van der Waals surface area contributed by atoms with E-state index in [0.717, 1.165) is 0 Å². The lowest BCUT2D eigenvalue weighted by atomic mass is 10.1. The fourth-order valence-corrected chi connectivity index (χ4v) is 1.61. The van der Waals surface area contributed by atoms with Gasteiger partial charge >= 0.3 is 5.97 Å². The number of hydrogen-bond acceptors (Lipinski definition) is 3. The SMILES string of the molecule is CCOC(=O)CC(O)c1ccc(F)c(Br)c1. The van der Waals surface area contributed by atoms with E-state index in [1.165, 1.54) is 18.2 Å². The predicted octanol–water partition coefficient (Wildman–Crippen LogP) is 2.57. The van der Waals surface area contributed by atoms with Crippen molar-refractivity contribution in [3.8, 4) is 0 Å². The Morgan fingerprint density at radius 3 is 2.88 bits per heavy atom. The maximum Gasteiger partial charge on any atom is 0.308 e. The standard InChI is InChI=1S/C11H12BrFO3/c1-2-16-11(15)6-10(14)7-3-4-9(13)8(12)5-7/h3-5,10,14H,2,6H2,1H3. The number of carbonyl (C=O) groups is 1. The molecule has 0 saturated heterocycles. The van der Waals surface area contributed by atoms with Crippen LogP contribution in [0.4, 0.5) is 4.39 Å². The Bertz CT molecular complexity index is 381. The van der Waals surface area contributed by atoms with Crippen LogP contribution in [0.5, 0.6) is 0 Å². The molecule has 3 nitrogen and oxygen atoms in total. The minimum absolute atomic E-state index is 0.133. The highest BCUT2D eigenvalue weighted by molar-refractivity contribution is 9.10. The summed E-state index contributed by atoms with van der Waals surface area (Å²) in [7, 11) is 0. The summed E-state index contributed by atoms with van der Waals surface area (Å²) in [5.74, 6) is -0.887. The maximum atomic E-state index is 12.9. The van der Waals surface area contributed by atoms with Crippen molar-refractivity contribution in [3.63, 3.8) is 0 Å². The van der Waals surface area contributed by atoms with Crippen LogP contribution in [-0.2, 0) is 9.53 Å². The Hall–Kier alpha value is -0.940. The van der Waals surface area contributed by atoms with Crippen molar-refractivity contribution >= 4 is 21.9 Å². The molecule has 1 unspecified atom stereocenters. The molecule has 0 fully saturated rings. The van der Waals surface area contributed by atoms with Crippen LogP contribution in [0.15, 0.2) is 22.7 Å². The maximum absolute atomic E-state index is 12.9. The van der Waals surface area contributed by atoms with Crippen LogP contribution >= 0.6 is 15.9 Å². The van der Waals surface area contributed by atoms with Crippen molar-refractivity contribution in [2.45, 2.75) is 19.4 Å². The Kier molecular flexibility index (Phi) is 4.89. The number of aliphatic hydroxyl groups excluding tert-OH is 1. The summed E-state index contributed by atoms with van der Waals surface area (Å²) < 4.78 is 17.9. The molecule has 0 spiro atoms. The Labute approximate surface area is 101 Å². The largest absolute Gasteiger partial charge is 0.466 e. The van der Waals surface area contributed by atoms with E-state index in [2.05, 4.69) is 15.9 Å². The van der Waals surface area contributed by atoms with Gasteiger partial charge in [-0.2, -0.15) is 0 Å². The highest BCUT2D eigenvalue weighted by atomic mass is 79.9. The Balaban J connectivity index is 2.69. The number of carbonyl (C=O) groups excluding carboxylic acids is 1. The molecule has 5 heteroatoms. The van der Waals surface area contributed by atoms with Gasteiger partial charge in [0.25, 0.3) is 0 Å². The lowest BCUT2D eigenvalue weighted by Crippen LogP contribution is -2.10. The second kappa shape index (κ2) is 5.96. The minimum Gasteiger partial charge on any atom is -0.466 e. The molecule has 16 heavy (non-hydrogen) atoms. The van der Waals surface area contributed by atoms with Crippen molar-refractivity contribution < 1.29 is 19.0 Å². The van der Waals surface area contributed by atoms with Gasteiger partial charge in [-0.3, -0.25) is 4.79 Å². The number of halogens is 2. The summed E-state index contributed by atoms with van der Waals surface area (Å²) in [5, 5.41) is 9.69. The molecule has 88 valence electrons. The van der Waals surface area contributed by atoms with Crippen molar-refractivity contribution in [1.82, 2.24) is 0 Å². The molecule has 1 aromatic carbocycles. The number of esters is 1. The second-order valence-corrected chi connectivity index (χ2v) is 4.05. The summed E-state index contributed by atoms with van der Waals surface area (Å²) in [5.41, 5.74) is 0.473. The van der Waals surface area contributed by atoms with Gasteiger partial charge in [0, 0.05) is 0 Å². The first-order chi connectivity index (χ1) is 7.54. The molecule has 0 bridgehead atoms. The van der Waals surface area contributed by atoms with Gasteiger partial charge in [0.05, 0.1) is 23.6 Å². The molecule has 0 aliphatic heterocycles. The molecular weight excluding hydrogens is 279 g/mol. The van der Waals surface area contributed by atoms with Gasteiger partial charge in [-0.1, -0.05) is 6.07 Å². The molecule has 1 aromatic rings. The van der Waals surface area contributed by atoms with Crippen molar-refractivity contribution in [3.05, 3.63) is 34.1 Å². The van der Waals surface area contributed by atoms with Crippen molar-refractivity contribution in [2.24, 2.45) is 0 Å².